The van der Waals surface area contributed by atoms with Crippen LogP contribution in [0.4, 0.5) is 0 Å². The van der Waals surface area contributed by atoms with Gasteiger partial charge in [-0.2, -0.15) is 23.5 Å². The lowest BCUT2D eigenvalue weighted by atomic mass is 10.1. The fraction of sp³-hybridized carbons (Fsp3) is 0.364. The molecule has 1 aliphatic heterocycles. The van der Waals surface area contributed by atoms with Gasteiger partial charge < -0.3 is 0 Å². The largest absolute Gasteiger partial charge is 0.160 e. The van der Waals surface area contributed by atoms with Gasteiger partial charge >= 0.3 is 0 Å². The van der Waals surface area contributed by atoms with Gasteiger partial charge in [0.25, 0.3) is 0 Å². The molecule has 0 amide bonds. The third-order valence-electron chi connectivity index (χ3n) is 2.14. The van der Waals surface area contributed by atoms with Crippen LogP contribution in [0.5, 0.6) is 0 Å². The van der Waals surface area contributed by atoms with E-state index in [4.69, 9.17) is 0 Å². The molecule has 0 N–H and O–H groups in total. The van der Waals surface area contributed by atoms with Gasteiger partial charge in [-0.1, -0.05) is 24.3 Å². The van der Waals surface area contributed by atoms with E-state index >= 15 is 0 Å². The Morgan fingerprint density at radius 3 is 2.92 bits per heavy atom. The van der Waals surface area contributed by atoms with Crippen LogP contribution in [-0.4, -0.2) is 17.3 Å². The van der Waals surface area contributed by atoms with Gasteiger partial charge in [-0.05, 0) is 18.1 Å². The van der Waals surface area contributed by atoms with Crippen LogP contribution < -0.4 is 0 Å². The monoisotopic (exact) mass is 209 g/mol. The Bertz CT molecular complexity index is 277. The molecule has 13 heavy (non-hydrogen) atoms. The molecule has 0 spiro atoms. The minimum Gasteiger partial charge on any atom is -0.160 e. The van der Waals surface area contributed by atoms with E-state index in [1.165, 1.54) is 22.8 Å². The van der Waals surface area contributed by atoms with Crippen molar-refractivity contribution >= 4 is 23.5 Å². The van der Waals surface area contributed by atoms with Crippen LogP contribution in [0.25, 0.3) is 0 Å². The van der Waals surface area contributed by atoms with Crippen molar-refractivity contribution in [3.63, 3.8) is 0 Å². The maximum Gasteiger partial charge on any atom is 0.0388 e. The smallest absolute Gasteiger partial charge is 0.0388 e. The van der Waals surface area contributed by atoms with Gasteiger partial charge in [-0.3, -0.25) is 0 Å². The van der Waals surface area contributed by atoms with E-state index in [1.54, 1.807) is 0 Å². The standard InChI is InChI=1S/C11H13S2/c1-9-3-2-4-10(7-9)11-8-12-5-6-13-11/h2-4,7,11H,1,5-6,8H2. The zero-order valence-corrected chi connectivity index (χ0v) is 9.16. The molecule has 0 bridgehead atoms. The highest BCUT2D eigenvalue weighted by atomic mass is 32.2. The first-order chi connectivity index (χ1) is 6.36. The molecule has 1 unspecified atom stereocenters. The average molecular weight is 209 g/mol. The number of thioether (sulfide) groups is 2. The molecule has 1 saturated heterocycles. The Morgan fingerprint density at radius 1 is 1.31 bits per heavy atom. The summed E-state index contributed by atoms with van der Waals surface area (Å²) in [7, 11) is 0. The van der Waals surface area contributed by atoms with E-state index in [0.717, 1.165) is 5.56 Å². The molecular weight excluding hydrogens is 196 g/mol. The SMILES string of the molecule is [CH2]c1cccc(C2CSCCS2)c1. The lowest BCUT2D eigenvalue weighted by Gasteiger charge is -2.21. The zero-order chi connectivity index (χ0) is 9.10. The van der Waals surface area contributed by atoms with Crippen LogP contribution in [-0.2, 0) is 0 Å². The first-order valence-corrected chi connectivity index (χ1v) is 6.68. The molecule has 0 aromatic heterocycles. The fourth-order valence-electron chi connectivity index (χ4n) is 1.47. The predicted molar refractivity (Wildman–Crippen MR) is 63.4 cm³/mol. The first kappa shape index (κ1) is 9.47. The van der Waals surface area contributed by atoms with Gasteiger partial charge in [0.2, 0.25) is 0 Å². The Balaban J connectivity index is 2.14. The Hall–Kier alpha value is -0.0800. The number of hydrogen-bond donors (Lipinski definition) is 0. The van der Waals surface area contributed by atoms with Crippen molar-refractivity contribution in [3.05, 3.63) is 42.3 Å². The molecule has 0 nitrogen and oxygen atoms in total. The molecule has 1 radical (unpaired) electrons. The predicted octanol–water partition coefficient (Wildman–Crippen LogP) is 3.39. The lowest BCUT2D eigenvalue weighted by molar-refractivity contribution is 1.10. The van der Waals surface area contributed by atoms with E-state index in [-0.39, 0.29) is 0 Å². The third kappa shape index (κ3) is 2.44. The first-order valence-electron chi connectivity index (χ1n) is 4.47. The fourth-order valence-corrected chi connectivity index (χ4v) is 4.20. The maximum absolute atomic E-state index is 3.96. The van der Waals surface area contributed by atoms with Gasteiger partial charge in [-0.25, -0.2) is 0 Å². The van der Waals surface area contributed by atoms with E-state index in [2.05, 4.69) is 54.7 Å². The normalized spacial score (nSPS) is 23.0. The van der Waals surface area contributed by atoms with Crippen LogP contribution in [0.3, 0.4) is 0 Å². The minimum absolute atomic E-state index is 0.695. The minimum atomic E-state index is 0.695. The zero-order valence-electron chi connectivity index (χ0n) is 7.53. The van der Waals surface area contributed by atoms with Crippen LogP contribution in [0.15, 0.2) is 24.3 Å². The molecular formula is C11H13S2. The Morgan fingerprint density at radius 2 is 2.23 bits per heavy atom. The molecule has 2 heteroatoms. The molecule has 1 aliphatic rings. The van der Waals surface area contributed by atoms with Crippen molar-refractivity contribution in [2.24, 2.45) is 0 Å². The summed E-state index contributed by atoms with van der Waals surface area (Å²) >= 11 is 4.14. The van der Waals surface area contributed by atoms with Crippen molar-refractivity contribution in [1.82, 2.24) is 0 Å². The van der Waals surface area contributed by atoms with E-state index in [9.17, 15) is 0 Å². The van der Waals surface area contributed by atoms with E-state index in [1.807, 2.05) is 0 Å². The maximum atomic E-state index is 3.96. The molecule has 1 atom stereocenters. The quantitative estimate of drug-likeness (QED) is 0.695. The van der Waals surface area contributed by atoms with Gasteiger partial charge in [0.1, 0.15) is 0 Å². The number of rotatable bonds is 1. The second-order valence-electron chi connectivity index (χ2n) is 3.18. The van der Waals surface area contributed by atoms with Gasteiger partial charge in [0, 0.05) is 22.5 Å². The van der Waals surface area contributed by atoms with Crippen LogP contribution in [0, 0.1) is 6.92 Å². The summed E-state index contributed by atoms with van der Waals surface area (Å²) in [5.41, 5.74) is 2.58. The highest BCUT2D eigenvalue weighted by Gasteiger charge is 2.15. The van der Waals surface area contributed by atoms with Crippen molar-refractivity contribution < 1.29 is 0 Å². The molecule has 0 aliphatic carbocycles. The van der Waals surface area contributed by atoms with Crippen molar-refractivity contribution in [2.45, 2.75) is 5.25 Å². The third-order valence-corrected chi connectivity index (χ3v) is 4.95. The van der Waals surface area contributed by atoms with Crippen molar-refractivity contribution in [2.75, 3.05) is 17.3 Å². The number of benzene rings is 1. The van der Waals surface area contributed by atoms with Crippen LogP contribution in [0.1, 0.15) is 16.4 Å². The molecule has 1 aromatic rings. The summed E-state index contributed by atoms with van der Waals surface area (Å²) < 4.78 is 0. The van der Waals surface area contributed by atoms with E-state index in [0.29, 0.717) is 5.25 Å². The Labute approximate surface area is 88.5 Å². The molecule has 0 saturated carbocycles. The lowest BCUT2D eigenvalue weighted by Crippen LogP contribution is -2.06. The summed E-state index contributed by atoms with van der Waals surface area (Å²) in [5.74, 6) is 3.86. The number of hydrogen-bond acceptors (Lipinski definition) is 2. The molecule has 1 fully saturated rings. The highest BCUT2D eigenvalue weighted by molar-refractivity contribution is 8.06. The van der Waals surface area contributed by atoms with Crippen LogP contribution >= 0.6 is 23.5 Å². The topological polar surface area (TPSA) is 0 Å². The van der Waals surface area contributed by atoms with E-state index < -0.39 is 0 Å². The molecule has 69 valence electrons. The highest BCUT2D eigenvalue weighted by Crippen LogP contribution is 2.36. The molecule has 2 rings (SSSR count). The summed E-state index contributed by atoms with van der Waals surface area (Å²) in [6, 6.07) is 8.60. The average Bonchev–Trinajstić information content (AvgIpc) is 2.19. The van der Waals surface area contributed by atoms with Crippen LogP contribution in [0.2, 0.25) is 0 Å². The second kappa shape index (κ2) is 4.43. The summed E-state index contributed by atoms with van der Waals surface area (Å²) in [4.78, 5) is 0. The summed E-state index contributed by atoms with van der Waals surface area (Å²) in [6.45, 7) is 3.96. The van der Waals surface area contributed by atoms with Gasteiger partial charge in [-0.15, -0.1) is 0 Å². The summed E-state index contributed by atoms with van der Waals surface area (Å²) in [6.07, 6.45) is 0. The Kier molecular flexibility index (Phi) is 3.23. The van der Waals surface area contributed by atoms with Gasteiger partial charge in [0.15, 0.2) is 0 Å². The molecule has 1 heterocycles. The second-order valence-corrected chi connectivity index (χ2v) is 5.64. The van der Waals surface area contributed by atoms with Gasteiger partial charge in [0.05, 0.1) is 0 Å². The van der Waals surface area contributed by atoms with Crippen molar-refractivity contribution in [3.8, 4) is 0 Å². The molecule has 1 aromatic carbocycles. The van der Waals surface area contributed by atoms with Crippen molar-refractivity contribution in [1.29, 1.82) is 0 Å². The summed E-state index contributed by atoms with van der Waals surface area (Å²) in [5, 5.41) is 0.695.